The first-order valence-electron chi connectivity index (χ1n) is 5.93. The third-order valence-corrected chi connectivity index (χ3v) is 2.93. The van der Waals surface area contributed by atoms with E-state index < -0.39 is 0 Å². The molecule has 2 nitrogen and oxygen atoms in total. The molecule has 0 aromatic heterocycles. The molecule has 2 aromatic carbocycles. The maximum atomic E-state index is 9.10. The second-order valence-electron chi connectivity index (χ2n) is 4.51. The van der Waals surface area contributed by atoms with Gasteiger partial charge >= 0.3 is 0 Å². The van der Waals surface area contributed by atoms with Crippen LogP contribution in [0.4, 0.5) is 0 Å². The Morgan fingerprint density at radius 2 is 1.35 bits per heavy atom. The van der Waals surface area contributed by atoms with Crippen molar-refractivity contribution in [3.05, 3.63) is 58.7 Å². The Morgan fingerprint density at radius 3 is 1.75 bits per heavy atom. The van der Waals surface area contributed by atoms with E-state index in [1.807, 2.05) is 52.0 Å². The quantitative estimate of drug-likeness (QED) is 0.718. The Hall–Kier alpha value is -0.787. The number of halogens is 1. The minimum Gasteiger partial charge on any atom is -0.508 e. The van der Waals surface area contributed by atoms with Crippen LogP contribution in [0.25, 0.3) is 0 Å². The van der Waals surface area contributed by atoms with Crippen molar-refractivity contribution in [3.8, 4) is 11.5 Å². The van der Waals surface area contributed by atoms with Gasteiger partial charge in [0, 0.05) is 26.2 Å². The summed E-state index contributed by atoms with van der Waals surface area (Å²) >= 11 is 0. The molecule has 0 saturated heterocycles. The van der Waals surface area contributed by atoms with Crippen molar-refractivity contribution in [2.45, 2.75) is 27.7 Å². The van der Waals surface area contributed by atoms with Crippen LogP contribution in [0, 0.1) is 27.7 Å². The molecule has 0 aliphatic carbocycles. The standard InChI is InChI=1S/2C8H10O.ClH.Zr/c1-6-3-4-8(9)7(2)5-6;1-6-4-3-5-8(9)7(6)2;;/h2*3-5,9H,1-2H3;1H;. The third kappa shape index (κ3) is 6.58. The summed E-state index contributed by atoms with van der Waals surface area (Å²) < 4.78 is 0. The zero-order valence-electron chi connectivity index (χ0n) is 12.3. The van der Waals surface area contributed by atoms with Gasteiger partial charge in [-0.15, -0.1) is 12.4 Å². The minimum atomic E-state index is 0. The van der Waals surface area contributed by atoms with Crippen LogP contribution >= 0.6 is 12.4 Å². The third-order valence-electron chi connectivity index (χ3n) is 2.93. The van der Waals surface area contributed by atoms with Crippen LogP contribution < -0.4 is 0 Å². The predicted molar refractivity (Wildman–Crippen MR) is 82.4 cm³/mol. The van der Waals surface area contributed by atoms with Crippen molar-refractivity contribution in [1.29, 1.82) is 0 Å². The van der Waals surface area contributed by atoms with Crippen molar-refractivity contribution in [2.75, 3.05) is 0 Å². The molecule has 0 aliphatic rings. The molecule has 20 heavy (non-hydrogen) atoms. The summed E-state index contributed by atoms with van der Waals surface area (Å²) in [6.45, 7) is 7.79. The summed E-state index contributed by atoms with van der Waals surface area (Å²) in [5.74, 6) is 0.760. The molecule has 0 radical (unpaired) electrons. The molecule has 0 saturated carbocycles. The van der Waals surface area contributed by atoms with Crippen molar-refractivity contribution >= 4 is 12.4 Å². The van der Waals surface area contributed by atoms with Gasteiger partial charge in [-0.2, -0.15) is 0 Å². The van der Waals surface area contributed by atoms with E-state index in [9.17, 15) is 0 Å². The summed E-state index contributed by atoms with van der Waals surface area (Å²) in [4.78, 5) is 0. The molecule has 4 heteroatoms. The number of benzene rings is 2. The molecular formula is C16H21ClO2Zr. The Morgan fingerprint density at radius 1 is 0.750 bits per heavy atom. The summed E-state index contributed by atoms with van der Waals surface area (Å²) in [5, 5.41) is 18.1. The largest absolute Gasteiger partial charge is 0.508 e. The fourth-order valence-electron chi connectivity index (χ4n) is 1.54. The van der Waals surface area contributed by atoms with Crippen molar-refractivity contribution in [1.82, 2.24) is 0 Å². The van der Waals surface area contributed by atoms with E-state index in [-0.39, 0.29) is 38.6 Å². The zero-order chi connectivity index (χ0) is 13.7. The molecule has 0 heterocycles. The fraction of sp³-hybridized carbons (Fsp3) is 0.250. The molecule has 108 valence electrons. The number of hydrogen-bond donors (Lipinski definition) is 2. The van der Waals surface area contributed by atoms with Gasteiger partial charge in [-0.25, -0.2) is 0 Å². The molecule has 0 spiro atoms. The van der Waals surface area contributed by atoms with Gasteiger partial charge in [-0.05, 0) is 56.5 Å². The molecule has 0 aliphatic heterocycles. The molecule has 0 bridgehead atoms. The fourth-order valence-corrected chi connectivity index (χ4v) is 1.54. The normalized spacial score (nSPS) is 8.60. The van der Waals surface area contributed by atoms with Gasteiger partial charge < -0.3 is 10.2 Å². The van der Waals surface area contributed by atoms with Crippen molar-refractivity contribution in [2.24, 2.45) is 0 Å². The molecule has 0 unspecified atom stereocenters. The SMILES string of the molecule is Cc1ccc(O)c(C)c1.Cc1cccc(O)c1C.Cl.[Zr]. The van der Waals surface area contributed by atoms with Crippen LogP contribution in [0.15, 0.2) is 36.4 Å². The first-order valence-corrected chi connectivity index (χ1v) is 5.93. The van der Waals surface area contributed by atoms with Gasteiger partial charge in [0.15, 0.2) is 0 Å². The van der Waals surface area contributed by atoms with Gasteiger partial charge in [-0.1, -0.05) is 29.8 Å². The second kappa shape index (κ2) is 10.0. The summed E-state index contributed by atoms with van der Waals surface area (Å²) in [5.41, 5.74) is 4.23. The molecule has 2 aromatic rings. The van der Waals surface area contributed by atoms with E-state index in [0.29, 0.717) is 11.5 Å². The summed E-state index contributed by atoms with van der Waals surface area (Å²) in [6.07, 6.45) is 0. The molecular weight excluding hydrogens is 351 g/mol. The molecule has 0 fully saturated rings. The van der Waals surface area contributed by atoms with Crippen LogP contribution in [-0.4, -0.2) is 10.2 Å². The molecule has 0 atom stereocenters. The van der Waals surface area contributed by atoms with Gasteiger partial charge in [0.05, 0.1) is 0 Å². The molecule has 0 amide bonds. The topological polar surface area (TPSA) is 40.5 Å². The Balaban J connectivity index is 0. The number of phenols is 2. The predicted octanol–water partition coefficient (Wildman–Crippen LogP) is 4.44. The van der Waals surface area contributed by atoms with Crippen molar-refractivity contribution in [3.63, 3.8) is 0 Å². The first-order chi connectivity index (χ1) is 8.41. The van der Waals surface area contributed by atoms with Gasteiger partial charge in [-0.3, -0.25) is 0 Å². The number of rotatable bonds is 0. The maximum Gasteiger partial charge on any atom is 0.118 e. The first kappa shape index (κ1) is 21.5. The van der Waals surface area contributed by atoms with E-state index in [0.717, 1.165) is 16.7 Å². The Labute approximate surface area is 146 Å². The van der Waals surface area contributed by atoms with E-state index in [1.165, 1.54) is 5.56 Å². The van der Waals surface area contributed by atoms with E-state index in [4.69, 9.17) is 10.2 Å². The summed E-state index contributed by atoms with van der Waals surface area (Å²) in [7, 11) is 0. The average Bonchev–Trinajstić information content (AvgIpc) is 2.32. The van der Waals surface area contributed by atoms with Crippen LogP contribution in [0.3, 0.4) is 0 Å². The molecule has 2 rings (SSSR count). The smallest absolute Gasteiger partial charge is 0.118 e. The van der Waals surface area contributed by atoms with Crippen LogP contribution in [0.2, 0.25) is 0 Å². The average molecular weight is 372 g/mol. The number of phenolic OH excluding ortho intramolecular Hbond substituents is 2. The van der Waals surface area contributed by atoms with E-state index in [1.54, 1.807) is 12.1 Å². The van der Waals surface area contributed by atoms with Crippen molar-refractivity contribution < 1.29 is 36.4 Å². The monoisotopic (exact) mass is 370 g/mol. The van der Waals surface area contributed by atoms with Gasteiger partial charge in [0.25, 0.3) is 0 Å². The van der Waals surface area contributed by atoms with E-state index in [2.05, 4.69) is 0 Å². The van der Waals surface area contributed by atoms with Gasteiger partial charge in [0.1, 0.15) is 11.5 Å². The van der Waals surface area contributed by atoms with Crippen LogP contribution in [0.1, 0.15) is 22.3 Å². The maximum absolute atomic E-state index is 9.10. The van der Waals surface area contributed by atoms with Crippen LogP contribution in [-0.2, 0) is 26.2 Å². The summed E-state index contributed by atoms with van der Waals surface area (Å²) in [6, 6.07) is 11.1. The molecule has 2 N–H and O–H groups in total. The number of hydrogen-bond acceptors (Lipinski definition) is 2. The zero-order valence-corrected chi connectivity index (χ0v) is 15.5. The van der Waals surface area contributed by atoms with Gasteiger partial charge in [0.2, 0.25) is 0 Å². The number of aromatic hydroxyl groups is 2. The number of aryl methyl sites for hydroxylation is 3. The Kier molecular flexibility index (Phi) is 10.8. The Bertz CT molecular complexity index is 522. The second-order valence-corrected chi connectivity index (χ2v) is 4.51. The van der Waals surface area contributed by atoms with E-state index >= 15 is 0 Å². The minimum absolute atomic E-state index is 0. The van der Waals surface area contributed by atoms with Crippen LogP contribution in [0.5, 0.6) is 11.5 Å².